The number of hydrogen-bond acceptors (Lipinski definition) is 0. The van der Waals surface area contributed by atoms with Gasteiger partial charge in [-0.3, -0.25) is 0 Å². The van der Waals surface area contributed by atoms with Crippen LogP contribution < -0.4 is 0 Å². The van der Waals surface area contributed by atoms with Crippen molar-refractivity contribution in [2.24, 2.45) is 23.2 Å². The van der Waals surface area contributed by atoms with Crippen molar-refractivity contribution in [3.05, 3.63) is 0 Å². The lowest BCUT2D eigenvalue weighted by Crippen LogP contribution is -2.18. The van der Waals surface area contributed by atoms with Crippen LogP contribution in [0, 0.1) is 23.2 Å². The average molecular weight is 168 g/mol. The minimum absolute atomic E-state index is 0.639. The maximum absolute atomic E-state index is 2.48. The summed E-state index contributed by atoms with van der Waals surface area (Å²) >= 11 is 0. The van der Waals surface area contributed by atoms with Crippen molar-refractivity contribution in [2.45, 2.75) is 53.9 Å². The maximum atomic E-state index is 2.48. The summed E-state index contributed by atoms with van der Waals surface area (Å²) in [5.74, 6) is 3.06. The van der Waals surface area contributed by atoms with E-state index < -0.39 is 0 Å². The molecule has 1 saturated carbocycles. The largest absolute Gasteiger partial charge is 0.0651 e. The Morgan fingerprint density at radius 1 is 1.08 bits per heavy atom. The fraction of sp³-hybridized carbons (Fsp3) is 1.00. The molecule has 3 atom stereocenters. The second kappa shape index (κ2) is 3.40. The van der Waals surface area contributed by atoms with Crippen molar-refractivity contribution in [1.29, 1.82) is 0 Å². The van der Waals surface area contributed by atoms with Crippen molar-refractivity contribution in [3.8, 4) is 0 Å². The predicted octanol–water partition coefficient (Wildman–Crippen LogP) is 4.10. The minimum Gasteiger partial charge on any atom is -0.0651 e. The van der Waals surface area contributed by atoms with E-state index in [-0.39, 0.29) is 0 Å². The zero-order valence-corrected chi connectivity index (χ0v) is 9.35. The molecule has 0 nitrogen and oxygen atoms in total. The highest BCUT2D eigenvalue weighted by Gasteiger charge is 2.53. The van der Waals surface area contributed by atoms with E-state index in [1.165, 1.54) is 19.3 Å². The molecule has 0 saturated heterocycles. The van der Waals surface area contributed by atoms with Gasteiger partial charge in [-0.25, -0.2) is 0 Å². The molecule has 0 spiro atoms. The van der Waals surface area contributed by atoms with Crippen LogP contribution in [0.15, 0.2) is 0 Å². The second-order valence-corrected chi connectivity index (χ2v) is 4.82. The SMILES string of the molecule is CCC1C(C)C1C(C)(CC)CC. The highest BCUT2D eigenvalue weighted by atomic mass is 14.6. The van der Waals surface area contributed by atoms with Crippen molar-refractivity contribution in [1.82, 2.24) is 0 Å². The van der Waals surface area contributed by atoms with Crippen LogP contribution in [0.5, 0.6) is 0 Å². The lowest BCUT2D eigenvalue weighted by molar-refractivity contribution is 0.227. The molecule has 0 aliphatic heterocycles. The van der Waals surface area contributed by atoms with Crippen molar-refractivity contribution >= 4 is 0 Å². The van der Waals surface area contributed by atoms with Gasteiger partial charge >= 0.3 is 0 Å². The minimum atomic E-state index is 0.639. The van der Waals surface area contributed by atoms with Gasteiger partial charge in [0.2, 0.25) is 0 Å². The molecule has 1 aliphatic rings. The van der Waals surface area contributed by atoms with Crippen LogP contribution in [0.1, 0.15) is 53.9 Å². The van der Waals surface area contributed by atoms with Crippen LogP contribution in [-0.4, -0.2) is 0 Å². The normalized spacial score (nSPS) is 35.2. The van der Waals surface area contributed by atoms with Crippen LogP contribution in [0.4, 0.5) is 0 Å². The molecule has 1 rings (SSSR count). The Bertz CT molecular complexity index is 144. The van der Waals surface area contributed by atoms with Gasteiger partial charge in [0, 0.05) is 0 Å². The van der Waals surface area contributed by atoms with Gasteiger partial charge in [0.1, 0.15) is 0 Å². The Hall–Kier alpha value is 0. The van der Waals surface area contributed by atoms with Crippen LogP contribution in [-0.2, 0) is 0 Å². The van der Waals surface area contributed by atoms with E-state index >= 15 is 0 Å². The van der Waals surface area contributed by atoms with Crippen molar-refractivity contribution in [2.75, 3.05) is 0 Å². The highest BCUT2D eigenvalue weighted by Crippen LogP contribution is 2.60. The van der Waals surface area contributed by atoms with Crippen LogP contribution in [0.2, 0.25) is 0 Å². The first-order chi connectivity index (χ1) is 5.60. The molecule has 0 heteroatoms. The van der Waals surface area contributed by atoms with E-state index in [0.717, 1.165) is 17.8 Å². The maximum Gasteiger partial charge on any atom is -0.0297 e. The molecule has 1 aliphatic carbocycles. The summed E-state index contributed by atoms with van der Waals surface area (Å²) in [6.45, 7) is 11.9. The van der Waals surface area contributed by atoms with E-state index in [1.54, 1.807) is 0 Å². The van der Waals surface area contributed by atoms with Gasteiger partial charge in [-0.1, -0.05) is 53.9 Å². The number of hydrogen-bond donors (Lipinski definition) is 0. The fourth-order valence-electron chi connectivity index (χ4n) is 3.04. The molecule has 1 fully saturated rings. The molecule has 0 N–H and O–H groups in total. The number of rotatable bonds is 4. The third-order valence-electron chi connectivity index (χ3n) is 4.45. The zero-order valence-electron chi connectivity index (χ0n) is 9.35. The molecule has 72 valence electrons. The van der Waals surface area contributed by atoms with Crippen molar-refractivity contribution < 1.29 is 0 Å². The monoisotopic (exact) mass is 168 g/mol. The fourth-order valence-corrected chi connectivity index (χ4v) is 3.04. The molecule has 3 unspecified atom stereocenters. The summed E-state index contributed by atoms with van der Waals surface area (Å²) in [6, 6.07) is 0. The highest BCUT2D eigenvalue weighted by molar-refractivity contribution is 5.01. The summed E-state index contributed by atoms with van der Waals surface area (Å²) in [7, 11) is 0. The molecule has 0 aromatic rings. The molecule has 0 bridgehead atoms. The summed E-state index contributed by atoms with van der Waals surface area (Å²) < 4.78 is 0. The first kappa shape index (κ1) is 10.1. The van der Waals surface area contributed by atoms with Crippen LogP contribution in [0.3, 0.4) is 0 Å². The average Bonchev–Trinajstić information content (AvgIpc) is 2.76. The summed E-state index contributed by atoms with van der Waals surface area (Å²) in [5, 5.41) is 0. The van der Waals surface area contributed by atoms with Gasteiger partial charge in [0.15, 0.2) is 0 Å². The predicted molar refractivity (Wildman–Crippen MR) is 55.1 cm³/mol. The molecular weight excluding hydrogens is 144 g/mol. The Kier molecular flexibility index (Phi) is 2.85. The third-order valence-corrected chi connectivity index (χ3v) is 4.45. The molecular formula is C12H24. The summed E-state index contributed by atoms with van der Waals surface area (Å²) in [4.78, 5) is 0. The van der Waals surface area contributed by atoms with E-state index in [2.05, 4.69) is 34.6 Å². The van der Waals surface area contributed by atoms with E-state index in [4.69, 9.17) is 0 Å². The molecule has 0 aromatic carbocycles. The smallest absolute Gasteiger partial charge is 0.0297 e. The molecule has 12 heavy (non-hydrogen) atoms. The van der Waals surface area contributed by atoms with Gasteiger partial charge in [-0.15, -0.1) is 0 Å². The lowest BCUT2D eigenvalue weighted by Gasteiger charge is -2.27. The topological polar surface area (TPSA) is 0 Å². The Morgan fingerprint density at radius 3 is 1.83 bits per heavy atom. The third kappa shape index (κ3) is 1.41. The van der Waals surface area contributed by atoms with Gasteiger partial charge in [0.05, 0.1) is 0 Å². The molecule has 0 heterocycles. The van der Waals surface area contributed by atoms with E-state index in [0.29, 0.717) is 5.41 Å². The summed E-state index contributed by atoms with van der Waals surface area (Å²) in [5.41, 5.74) is 0.639. The molecule has 0 radical (unpaired) electrons. The quantitative estimate of drug-likeness (QED) is 0.592. The molecule has 0 aromatic heterocycles. The first-order valence-electron chi connectivity index (χ1n) is 5.60. The van der Waals surface area contributed by atoms with Crippen molar-refractivity contribution in [3.63, 3.8) is 0 Å². The van der Waals surface area contributed by atoms with Gasteiger partial charge < -0.3 is 0 Å². The van der Waals surface area contributed by atoms with Gasteiger partial charge in [-0.2, -0.15) is 0 Å². The summed E-state index contributed by atoms with van der Waals surface area (Å²) in [6.07, 6.45) is 4.10. The van der Waals surface area contributed by atoms with E-state index in [1.807, 2.05) is 0 Å². The lowest BCUT2D eigenvalue weighted by atomic mass is 9.78. The van der Waals surface area contributed by atoms with Gasteiger partial charge in [0.25, 0.3) is 0 Å². The van der Waals surface area contributed by atoms with Gasteiger partial charge in [-0.05, 0) is 23.2 Å². The van der Waals surface area contributed by atoms with Crippen LogP contribution >= 0.6 is 0 Å². The van der Waals surface area contributed by atoms with E-state index in [9.17, 15) is 0 Å². The Labute approximate surface area is 77.7 Å². The molecule has 0 amide bonds. The zero-order chi connectivity index (χ0) is 9.35. The first-order valence-corrected chi connectivity index (χ1v) is 5.60. The standard InChI is InChI=1S/C12H24/c1-6-10-9(4)11(10)12(5,7-2)8-3/h9-11H,6-8H2,1-5H3. The Balaban J connectivity index is 2.58. The second-order valence-electron chi connectivity index (χ2n) is 4.82. The Morgan fingerprint density at radius 2 is 1.58 bits per heavy atom. The van der Waals surface area contributed by atoms with Crippen LogP contribution in [0.25, 0.3) is 0 Å².